The van der Waals surface area contributed by atoms with E-state index in [4.69, 9.17) is 4.98 Å². The number of thiazole rings is 2. The van der Waals surface area contributed by atoms with E-state index in [0.29, 0.717) is 41.8 Å². The summed E-state index contributed by atoms with van der Waals surface area (Å²) in [5.74, 6) is 0.298. The summed E-state index contributed by atoms with van der Waals surface area (Å²) in [6.45, 7) is 3.54. The summed E-state index contributed by atoms with van der Waals surface area (Å²) < 4.78 is 0.949. The third kappa shape index (κ3) is 4.93. The lowest BCUT2D eigenvalue weighted by Gasteiger charge is -2.34. The molecule has 2 fully saturated rings. The Hall–Kier alpha value is -2.94. The van der Waals surface area contributed by atoms with Gasteiger partial charge in [-0.3, -0.25) is 14.7 Å². The SMILES string of the molecule is O=c1[nH]c(N2CCN(Cc3nccs3)CC2)nc(N[C@@H]2C[C@H](CO)[C@@H](O)[C@H]2O)c1-c1nc2ccccc2s1. The quantitative estimate of drug-likeness (QED) is 0.226. The van der Waals surface area contributed by atoms with Gasteiger partial charge in [0.05, 0.1) is 28.9 Å². The molecular formula is C25H29N7O4S2. The molecule has 0 bridgehead atoms. The van der Waals surface area contributed by atoms with Crippen molar-refractivity contribution in [3.05, 3.63) is 51.2 Å². The largest absolute Gasteiger partial charge is 0.396 e. The number of aliphatic hydroxyl groups excluding tert-OH is 3. The molecule has 2 aliphatic rings. The van der Waals surface area contributed by atoms with Gasteiger partial charge in [-0.05, 0) is 18.6 Å². The van der Waals surface area contributed by atoms with Crippen molar-refractivity contribution in [1.29, 1.82) is 0 Å². The molecule has 0 radical (unpaired) electrons. The maximum atomic E-state index is 13.5. The van der Waals surface area contributed by atoms with Crippen molar-refractivity contribution in [3.63, 3.8) is 0 Å². The Balaban J connectivity index is 1.31. The number of para-hydroxylation sites is 1. The molecule has 5 N–H and O–H groups in total. The van der Waals surface area contributed by atoms with Gasteiger partial charge >= 0.3 is 0 Å². The first-order valence-electron chi connectivity index (χ1n) is 12.6. The number of aromatic nitrogens is 4. The van der Waals surface area contributed by atoms with Crippen LogP contribution in [0.15, 0.2) is 40.6 Å². The highest BCUT2D eigenvalue weighted by Crippen LogP contribution is 2.35. The number of rotatable bonds is 7. The molecule has 1 aromatic carbocycles. The second-order valence-corrected chi connectivity index (χ2v) is 11.7. The van der Waals surface area contributed by atoms with Crippen molar-refractivity contribution < 1.29 is 15.3 Å². The van der Waals surface area contributed by atoms with Gasteiger partial charge in [0.1, 0.15) is 27.5 Å². The Morgan fingerprint density at radius 1 is 1.11 bits per heavy atom. The van der Waals surface area contributed by atoms with Crippen molar-refractivity contribution in [2.75, 3.05) is 43.0 Å². The molecule has 13 heteroatoms. The smallest absolute Gasteiger partial charge is 0.264 e. The Morgan fingerprint density at radius 3 is 2.63 bits per heavy atom. The number of aromatic amines is 1. The van der Waals surface area contributed by atoms with Gasteiger partial charge in [-0.2, -0.15) is 4.98 Å². The molecule has 4 aromatic rings. The Bertz CT molecular complexity index is 1420. The normalized spacial score (nSPS) is 24.3. The van der Waals surface area contributed by atoms with Crippen molar-refractivity contribution >= 4 is 44.7 Å². The predicted molar refractivity (Wildman–Crippen MR) is 148 cm³/mol. The molecule has 0 unspecified atom stereocenters. The Morgan fingerprint density at radius 2 is 1.92 bits per heavy atom. The third-order valence-corrected chi connectivity index (χ3v) is 9.11. The molecule has 4 heterocycles. The van der Waals surface area contributed by atoms with E-state index >= 15 is 0 Å². The molecule has 200 valence electrons. The zero-order valence-corrected chi connectivity index (χ0v) is 22.2. The van der Waals surface area contributed by atoms with E-state index in [0.717, 1.165) is 34.9 Å². The summed E-state index contributed by atoms with van der Waals surface area (Å²) in [6, 6.07) is 7.10. The summed E-state index contributed by atoms with van der Waals surface area (Å²) in [5.41, 5.74) is 0.759. The van der Waals surface area contributed by atoms with Crippen molar-refractivity contribution in [2.24, 2.45) is 5.92 Å². The van der Waals surface area contributed by atoms with Crippen LogP contribution in [-0.2, 0) is 6.54 Å². The number of nitrogens with one attached hydrogen (secondary N) is 2. The molecule has 1 saturated heterocycles. The Labute approximate surface area is 226 Å². The summed E-state index contributed by atoms with van der Waals surface area (Å²) >= 11 is 3.04. The lowest BCUT2D eigenvalue weighted by Crippen LogP contribution is -2.47. The van der Waals surface area contributed by atoms with Crippen molar-refractivity contribution in [3.8, 4) is 10.6 Å². The fourth-order valence-corrected chi connectivity index (χ4v) is 6.82. The molecule has 1 aliphatic carbocycles. The molecular weight excluding hydrogens is 526 g/mol. The first-order chi connectivity index (χ1) is 18.5. The van der Waals surface area contributed by atoms with Gasteiger partial charge in [-0.15, -0.1) is 22.7 Å². The standard InChI is InChI=1S/C25H29N7O4S2/c33-13-14-11-16(21(35)20(14)34)27-22-19(24-28-15-3-1-2-4-17(15)38-24)23(36)30-25(29-22)32-8-6-31(7-9-32)12-18-26-5-10-37-18/h1-5,10,14,16,20-21,33-35H,6-9,11-13H2,(H2,27,29,30,36)/t14-,16-,20-,21+/m1/s1. The van der Waals surface area contributed by atoms with Crippen LogP contribution in [0.25, 0.3) is 20.8 Å². The van der Waals surface area contributed by atoms with E-state index in [9.17, 15) is 20.1 Å². The fraction of sp³-hybridized carbons (Fsp3) is 0.440. The molecule has 4 atom stereocenters. The van der Waals surface area contributed by atoms with Gasteiger partial charge < -0.3 is 25.5 Å². The van der Waals surface area contributed by atoms with Crippen LogP contribution in [0, 0.1) is 5.92 Å². The molecule has 6 rings (SSSR count). The molecule has 11 nitrogen and oxygen atoms in total. The minimum atomic E-state index is -1.10. The van der Waals surface area contributed by atoms with Crippen LogP contribution in [0.2, 0.25) is 0 Å². The van der Waals surface area contributed by atoms with E-state index in [1.165, 1.54) is 11.3 Å². The van der Waals surface area contributed by atoms with Gasteiger partial charge in [0, 0.05) is 50.3 Å². The predicted octanol–water partition coefficient (Wildman–Crippen LogP) is 1.34. The van der Waals surface area contributed by atoms with E-state index in [-0.39, 0.29) is 12.2 Å². The van der Waals surface area contributed by atoms with Crippen LogP contribution < -0.4 is 15.8 Å². The van der Waals surface area contributed by atoms with Crippen LogP contribution in [0.3, 0.4) is 0 Å². The second-order valence-electron chi connectivity index (χ2n) is 9.70. The van der Waals surface area contributed by atoms with Crippen LogP contribution in [0.4, 0.5) is 11.8 Å². The van der Waals surface area contributed by atoms with Crippen molar-refractivity contribution in [1.82, 2.24) is 24.8 Å². The van der Waals surface area contributed by atoms with Gasteiger partial charge in [0.15, 0.2) is 0 Å². The topological polar surface area (TPSA) is 151 Å². The first kappa shape index (κ1) is 25.3. The van der Waals surface area contributed by atoms with E-state index in [1.807, 2.05) is 40.7 Å². The number of benzene rings is 1. The third-order valence-electron chi connectivity index (χ3n) is 7.29. The molecule has 0 amide bonds. The highest BCUT2D eigenvalue weighted by molar-refractivity contribution is 7.21. The first-order valence-corrected chi connectivity index (χ1v) is 14.3. The summed E-state index contributed by atoms with van der Waals surface area (Å²) in [5, 5.41) is 37.4. The van der Waals surface area contributed by atoms with Crippen LogP contribution >= 0.6 is 22.7 Å². The van der Waals surface area contributed by atoms with E-state index in [1.54, 1.807) is 11.3 Å². The van der Waals surface area contributed by atoms with E-state index < -0.39 is 24.2 Å². The molecule has 0 spiro atoms. The van der Waals surface area contributed by atoms with Gasteiger partial charge in [-0.25, -0.2) is 9.97 Å². The number of piperazine rings is 1. The fourth-order valence-electron chi connectivity index (χ4n) is 5.16. The number of anilines is 2. The maximum absolute atomic E-state index is 13.5. The number of nitrogens with zero attached hydrogens (tertiary/aromatic N) is 5. The highest BCUT2D eigenvalue weighted by atomic mass is 32.1. The molecule has 1 aliphatic heterocycles. The van der Waals surface area contributed by atoms with Crippen molar-refractivity contribution in [2.45, 2.75) is 31.2 Å². The zero-order valence-electron chi connectivity index (χ0n) is 20.5. The number of aliphatic hydroxyl groups is 3. The van der Waals surface area contributed by atoms with Crippen LogP contribution in [-0.4, -0.2) is 91.2 Å². The number of H-pyrrole nitrogens is 1. The molecule has 38 heavy (non-hydrogen) atoms. The minimum Gasteiger partial charge on any atom is -0.396 e. The monoisotopic (exact) mass is 555 g/mol. The van der Waals surface area contributed by atoms with Gasteiger partial charge in [0.2, 0.25) is 5.95 Å². The highest BCUT2D eigenvalue weighted by Gasteiger charge is 2.41. The van der Waals surface area contributed by atoms with Crippen LogP contribution in [0.1, 0.15) is 11.4 Å². The van der Waals surface area contributed by atoms with Gasteiger partial charge in [0.25, 0.3) is 5.56 Å². The number of fused-ring (bicyclic) bond motifs is 1. The lowest BCUT2D eigenvalue weighted by atomic mass is 10.1. The van der Waals surface area contributed by atoms with E-state index in [2.05, 4.69) is 25.2 Å². The minimum absolute atomic E-state index is 0.236. The average molecular weight is 556 g/mol. The summed E-state index contributed by atoms with van der Waals surface area (Å²) in [7, 11) is 0. The lowest BCUT2D eigenvalue weighted by molar-refractivity contribution is 0.00446. The molecule has 3 aromatic heterocycles. The maximum Gasteiger partial charge on any atom is 0.264 e. The number of hydrogen-bond acceptors (Lipinski definition) is 12. The van der Waals surface area contributed by atoms with Crippen LogP contribution in [0.5, 0.6) is 0 Å². The summed E-state index contributed by atoms with van der Waals surface area (Å²) in [4.78, 5) is 34.7. The second kappa shape index (κ2) is 10.7. The average Bonchev–Trinajstić information content (AvgIpc) is 3.65. The zero-order chi connectivity index (χ0) is 26.2. The number of hydrogen-bond donors (Lipinski definition) is 5. The Kier molecular flexibility index (Phi) is 7.12. The van der Waals surface area contributed by atoms with Gasteiger partial charge in [-0.1, -0.05) is 12.1 Å². The summed E-state index contributed by atoms with van der Waals surface area (Å²) in [6.07, 6.45) is -0.00240. The molecule has 1 saturated carbocycles.